The summed E-state index contributed by atoms with van der Waals surface area (Å²) >= 11 is 11.8. The number of rotatable bonds is 5. The van der Waals surface area contributed by atoms with Gasteiger partial charge in [0.2, 0.25) is 11.8 Å². The monoisotopic (exact) mass is 364 g/mol. The van der Waals surface area contributed by atoms with Crippen LogP contribution in [0.1, 0.15) is 11.1 Å². The molecule has 0 atom stereocenters. The molecule has 0 heterocycles. The van der Waals surface area contributed by atoms with Gasteiger partial charge in [-0.3, -0.25) is 9.59 Å². The quantitative estimate of drug-likeness (QED) is 0.873. The average Bonchev–Trinajstić information content (AvgIpc) is 2.53. The number of nitrogens with zero attached hydrogens (tertiary/aromatic N) is 1. The zero-order valence-corrected chi connectivity index (χ0v) is 15.0. The summed E-state index contributed by atoms with van der Waals surface area (Å²) in [5.41, 5.74) is 2.57. The van der Waals surface area contributed by atoms with Crippen molar-refractivity contribution in [3.63, 3.8) is 0 Å². The maximum atomic E-state index is 12.2. The van der Waals surface area contributed by atoms with Gasteiger partial charge >= 0.3 is 0 Å². The Morgan fingerprint density at radius 3 is 2.33 bits per heavy atom. The minimum Gasteiger partial charge on any atom is -0.336 e. The second kappa shape index (κ2) is 8.18. The summed E-state index contributed by atoms with van der Waals surface area (Å²) in [5, 5.41) is 3.61. The Morgan fingerprint density at radius 1 is 1.04 bits per heavy atom. The number of carbonyl (C=O) groups is 2. The predicted molar refractivity (Wildman–Crippen MR) is 97.6 cm³/mol. The molecule has 126 valence electrons. The molecule has 24 heavy (non-hydrogen) atoms. The molecule has 6 heteroatoms. The van der Waals surface area contributed by atoms with Crippen LogP contribution in [-0.2, 0) is 16.0 Å². The number of hydrogen-bond acceptors (Lipinski definition) is 2. The second-order valence-electron chi connectivity index (χ2n) is 5.59. The van der Waals surface area contributed by atoms with Crippen molar-refractivity contribution in [3.05, 3.63) is 63.6 Å². The number of carbonyl (C=O) groups excluding carboxylic acids is 2. The van der Waals surface area contributed by atoms with Crippen LogP contribution in [0.4, 0.5) is 5.69 Å². The number of halogens is 2. The summed E-state index contributed by atoms with van der Waals surface area (Å²) in [6.45, 7) is 1.95. The van der Waals surface area contributed by atoms with Crippen molar-refractivity contribution >= 4 is 40.7 Å². The van der Waals surface area contributed by atoms with Crippen molar-refractivity contribution in [2.45, 2.75) is 13.3 Å². The van der Waals surface area contributed by atoms with Crippen molar-refractivity contribution in [1.29, 1.82) is 0 Å². The summed E-state index contributed by atoms with van der Waals surface area (Å²) < 4.78 is 0. The first kappa shape index (κ1) is 18.3. The Kier molecular flexibility index (Phi) is 6.23. The number of aryl methyl sites for hydroxylation is 1. The number of benzene rings is 2. The molecule has 0 aromatic heterocycles. The topological polar surface area (TPSA) is 49.4 Å². The van der Waals surface area contributed by atoms with Crippen LogP contribution in [0.5, 0.6) is 0 Å². The maximum Gasteiger partial charge on any atom is 0.243 e. The van der Waals surface area contributed by atoms with Gasteiger partial charge in [-0.2, -0.15) is 0 Å². The zero-order valence-electron chi connectivity index (χ0n) is 13.5. The highest BCUT2D eigenvalue weighted by molar-refractivity contribution is 6.42. The van der Waals surface area contributed by atoms with Crippen LogP contribution in [0.25, 0.3) is 0 Å². The van der Waals surface area contributed by atoms with E-state index in [1.807, 2.05) is 31.2 Å². The molecule has 0 radical (unpaired) electrons. The van der Waals surface area contributed by atoms with Crippen LogP contribution in [0.3, 0.4) is 0 Å². The summed E-state index contributed by atoms with van der Waals surface area (Å²) in [4.78, 5) is 25.6. The lowest BCUT2D eigenvalue weighted by atomic mass is 10.1. The van der Waals surface area contributed by atoms with E-state index in [0.717, 1.165) is 11.1 Å². The average molecular weight is 365 g/mol. The molecule has 2 aromatic rings. The minimum absolute atomic E-state index is 0.0198. The van der Waals surface area contributed by atoms with E-state index < -0.39 is 0 Å². The Bertz CT molecular complexity index is 745. The second-order valence-corrected chi connectivity index (χ2v) is 6.40. The minimum atomic E-state index is -0.246. The van der Waals surface area contributed by atoms with Crippen molar-refractivity contribution in [3.8, 4) is 0 Å². The number of anilines is 1. The van der Waals surface area contributed by atoms with Crippen molar-refractivity contribution in [1.82, 2.24) is 4.90 Å². The van der Waals surface area contributed by atoms with Crippen LogP contribution in [0.2, 0.25) is 10.0 Å². The third kappa shape index (κ3) is 5.25. The van der Waals surface area contributed by atoms with Crippen LogP contribution in [0, 0.1) is 6.92 Å². The molecule has 0 aliphatic carbocycles. The van der Waals surface area contributed by atoms with Gasteiger partial charge in [-0.1, -0.05) is 47.0 Å². The first-order valence-corrected chi connectivity index (χ1v) is 8.15. The predicted octanol–water partition coefficient (Wildman–Crippen LogP) is 3.94. The van der Waals surface area contributed by atoms with Gasteiger partial charge in [0.25, 0.3) is 0 Å². The van der Waals surface area contributed by atoms with E-state index in [0.29, 0.717) is 15.7 Å². The number of likely N-dealkylation sites (N-methyl/N-ethyl adjacent to an activating group) is 1. The fourth-order valence-corrected chi connectivity index (χ4v) is 2.42. The molecule has 0 saturated carbocycles. The molecule has 2 rings (SSSR count). The molecular weight excluding hydrogens is 347 g/mol. The SMILES string of the molecule is Cc1ccc(NC(=O)CN(C)C(=O)Cc2ccc(Cl)c(Cl)c2)cc1. The third-order valence-electron chi connectivity index (χ3n) is 3.48. The van der Waals surface area contributed by atoms with Gasteiger partial charge in [-0.25, -0.2) is 0 Å². The molecule has 4 nitrogen and oxygen atoms in total. The van der Waals surface area contributed by atoms with Gasteiger partial charge in [-0.15, -0.1) is 0 Å². The molecular formula is C18H18Cl2N2O2. The standard InChI is InChI=1S/C18H18Cl2N2O2/c1-12-3-6-14(7-4-12)21-17(23)11-22(2)18(24)10-13-5-8-15(19)16(20)9-13/h3-9H,10-11H2,1-2H3,(H,21,23). The molecule has 2 amide bonds. The molecule has 2 aromatic carbocycles. The molecule has 1 N–H and O–H groups in total. The maximum absolute atomic E-state index is 12.2. The lowest BCUT2D eigenvalue weighted by Gasteiger charge is -2.17. The number of amides is 2. The highest BCUT2D eigenvalue weighted by Crippen LogP contribution is 2.23. The fourth-order valence-electron chi connectivity index (χ4n) is 2.10. The highest BCUT2D eigenvalue weighted by atomic mass is 35.5. The lowest BCUT2D eigenvalue weighted by molar-refractivity contribution is -0.132. The van der Waals surface area contributed by atoms with Gasteiger partial charge < -0.3 is 10.2 Å². The first-order valence-electron chi connectivity index (χ1n) is 7.39. The van der Waals surface area contributed by atoms with Crippen molar-refractivity contribution < 1.29 is 9.59 Å². The smallest absolute Gasteiger partial charge is 0.243 e. The van der Waals surface area contributed by atoms with E-state index in [1.54, 1.807) is 25.2 Å². The Balaban J connectivity index is 1.89. The van der Waals surface area contributed by atoms with Crippen LogP contribution < -0.4 is 5.32 Å². The summed E-state index contributed by atoms with van der Waals surface area (Å²) in [7, 11) is 1.59. The molecule has 0 fully saturated rings. The molecule has 0 spiro atoms. The summed E-state index contributed by atoms with van der Waals surface area (Å²) in [6.07, 6.45) is 0.158. The normalized spacial score (nSPS) is 10.3. The van der Waals surface area contributed by atoms with E-state index in [9.17, 15) is 9.59 Å². The van der Waals surface area contributed by atoms with Gasteiger partial charge in [0, 0.05) is 12.7 Å². The van der Waals surface area contributed by atoms with E-state index in [2.05, 4.69) is 5.32 Å². The van der Waals surface area contributed by atoms with Crippen molar-refractivity contribution in [2.24, 2.45) is 0 Å². The Labute approximate surface area is 151 Å². The van der Waals surface area contributed by atoms with Crippen LogP contribution in [-0.4, -0.2) is 30.3 Å². The Morgan fingerprint density at radius 2 is 1.71 bits per heavy atom. The molecule has 0 saturated heterocycles. The van der Waals surface area contributed by atoms with E-state index >= 15 is 0 Å². The first-order chi connectivity index (χ1) is 11.3. The number of hydrogen-bond donors (Lipinski definition) is 1. The third-order valence-corrected chi connectivity index (χ3v) is 4.22. The van der Waals surface area contributed by atoms with Gasteiger partial charge in [-0.05, 0) is 36.8 Å². The van der Waals surface area contributed by atoms with E-state index in [1.165, 1.54) is 4.90 Å². The Hall–Kier alpha value is -2.04. The molecule has 0 unspecified atom stereocenters. The fraction of sp³-hybridized carbons (Fsp3) is 0.222. The molecule has 0 bridgehead atoms. The van der Waals surface area contributed by atoms with Crippen LogP contribution in [0.15, 0.2) is 42.5 Å². The summed E-state index contributed by atoms with van der Waals surface area (Å²) in [6, 6.07) is 12.5. The van der Waals surface area contributed by atoms with Gasteiger partial charge in [0.05, 0.1) is 23.0 Å². The van der Waals surface area contributed by atoms with Gasteiger partial charge in [0.1, 0.15) is 0 Å². The summed E-state index contributed by atoms with van der Waals surface area (Å²) in [5.74, 6) is -0.420. The molecule has 0 aliphatic heterocycles. The van der Waals surface area contributed by atoms with E-state index in [-0.39, 0.29) is 24.8 Å². The van der Waals surface area contributed by atoms with Gasteiger partial charge in [0.15, 0.2) is 0 Å². The highest BCUT2D eigenvalue weighted by Gasteiger charge is 2.14. The zero-order chi connectivity index (χ0) is 17.7. The van der Waals surface area contributed by atoms with E-state index in [4.69, 9.17) is 23.2 Å². The van der Waals surface area contributed by atoms with Crippen LogP contribution >= 0.6 is 23.2 Å². The number of nitrogens with one attached hydrogen (secondary N) is 1. The largest absolute Gasteiger partial charge is 0.336 e. The van der Waals surface area contributed by atoms with Crippen molar-refractivity contribution in [2.75, 3.05) is 18.9 Å². The lowest BCUT2D eigenvalue weighted by Crippen LogP contribution is -2.35. The molecule has 0 aliphatic rings.